The van der Waals surface area contributed by atoms with Crippen LogP contribution in [0.5, 0.6) is 5.75 Å². The summed E-state index contributed by atoms with van der Waals surface area (Å²) in [7, 11) is 2.12. The molecule has 2 aromatic carbocycles. The number of hydrogen-bond donors (Lipinski definition) is 2. The lowest BCUT2D eigenvalue weighted by atomic mass is 9.94. The first-order valence-electron chi connectivity index (χ1n) is 11.0. The van der Waals surface area contributed by atoms with Crippen LogP contribution in [-0.2, 0) is 13.0 Å². The van der Waals surface area contributed by atoms with Crippen LogP contribution < -0.4 is 9.80 Å². The van der Waals surface area contributed by atoms with Gasteiger partial charge in [0.25, 0.3) is 0 Å². The Hall–Kier alpha value is -3.23. The predicted octanol–water partition coefficient (Wildman–Crippen LogP) is 1.92. The number of phenolic OH excluding ortho intramolecular Hbond substituents is 1. The van der Waals surface area contributed by atoms with Gasteiger partial charge in [-0.1, -0.05) is 36.4 Å². The first-order valence-corrected chi connectivity index (χ1v) is 11.0. The Kier molecular flexibility index (Phi) is 5.63. The zero-order valence-corrected chi connectivity index (χ0v) is 18.2. The number of phenols is 1. The van der Waals surface area contributed by atoms with Gasteiger partial charge in [-0.3, -0.25) is 0 Å². The van der Waals surface area contributed by atoms with E-state index in [-0.39, 0.29) is 18.4 Å². The zero-order valence-electron chi connectivity index (χ0n) is 18.2. The highest BCUT2D eigenvalue weighted by molar-refractivity contribution is 5.61. The standard InChI is InChI=1S/C24H28N6O2/c1-28-9-11-29(12-10-28)23-25-22(18-7-4-8-21(32)14-18)26-24(27-23)30-15-19-6-3-2-5-17(19)13-20(30)16-31/h2-8,14,20,31-32H,9-13,15-16H2,1H3/t20-/m1/s1. The largest absolute Gasteiger partial charge is 0.508 e. The normalized spacial score (nSPS) is 19.1. The van der Waals surface area contributed by atoms with E-state index in [0.717, 1.165) is 38.2 Å². The van der Waals surface area contributed by atoms with E-state index in [9.17, 15) is 10.2 Å². The fourth-order valence-electron chi connectivity index (χ4n) is 4.39. The average Bonchev–Trinajstić information content (AvgIpc) is 2.83. The van der Waals surface area contributed by atoms with Gasteiger partial charge in [-0.15, -0.1) is 0 Å². The summed E-state index contributed by atoms with van der Waals surface area (Å²) >= 11 is 0. The lowest BCUT2D eigenvalue weighted by Crippen LogP contribution is -2.46. The minimum atomic E-state index is -0.107. The maximum atomic E-state index is 10.2. The van der Waals surface area contributed by atoms with Gasteiger partial charge in [-0.2, -0.15) is 15.0 Å². The first kappa shape index (κ1) is 20.7. The molecule has 1 aromatic heterocycles. The molecular weight excluding hydrogens is 404 g/mol. The van der Waals surface area contributed by atoms with Gasteiger partial charge < -0.3 is 24.9 Å². The minimum Gasteiger partial charge on any atom is -0.508 e. The van der Waals surface area contributed by atoms with E-state index >= 15 is 0 Å². The number of aromatic nitrogens is 3. The van der Waals surface area contributed by atoms with Crippen molar-refractivity contribution in [3.05, 3.63) is 59.7 Å². The van der Waals surface area contributed by atoms with Gasteiger partial charge in [0.2, 0.25) is 11.9 Å². The molecule has 1 atom stereocenters. The maximum absolute atomic E-state index is 10.2. The quantitative estimate of drug-likeness (QED) is 0.647. The van der Waals surface area contributed by atoms with Crippen molar-refractivity contribution in [3.63, 3.8) is 0 Å². The van der Waals surface area contributed by atoms with Crippen molar-refractivity contribution >= 4 is 11.9 Å². The molecule has 3 aromatic rings. The van der Waals surface area contributed by atoms with Crippen LogP contribution in [-0.4, -0.2) is 75.9 Å². The smallest absolute Gasteiger partial charge is 0.231 e. The third-order valence-corrected chi connectivity index (χ3v) is 6.33. The van der Waals surface area contributed by atoms with Crippen molar-refractivity contribution in [2.75, 3.05) is 49.6 Å². The molecule has 8 nitrogen and oxygen atoms in total. The van der Waals surface area contributed by atoms with Gasteiger partial charge in [0.1, 0.15) is 5.75 Å². The van der Waals surface area contributed by atoms with Gasteiger partial charge in [0.15, 0.2) is 5.82 Å². The molecule has 2 N–H and O–H groups in total. The number of aliphatic hydroxyl groups excluding tert-OH is 1. The van der Waals surface area contributed by atoms with Gasteiger partial charge in [-0.05, 0) is 36.7 Å². The molecule has 0 spiro atoms. The molecule has 1 fully saturated rings. The Labute approximate surface area is 187 Å². The van der Waals surface area contributed by atoms with Crippen molar-refractivity contribution in [2.24, 2.45) is 0 Å². The molecule has 2 aliphatic heterocycles. The van der Waals surface area contributed by atoms with Crippen LogP contribution in [0.4, 0.5) is 11.9 Å². The summed E-state index contributed by atoms with van der Waals surface area (Å²) in [6.45, 7) is 4.22. The second-order valence-corrected chi connectivity index (χ2v) is 8.54. The molecule has 0 unspecified atom stereocenters. The summed E-state index contributed by atoms with van der Waals surface area (Å²) in [5.41, 5.74) is 3.21. The Morgan fingerprint density at radius 2 is 1.66 bits per heavy atom. The second kappa shape index (κ2) is 8.72. The Bertz CT molecular complexity index is 1100. The van der Waals surface area contributed by atoms with Crippen LogP contribution in [0.15, 0.2) is 48.5 Å². The number of anilines is 2. The maximum Gasteiger partial charge on any atom is 0.231 e. The molecule has 0 saturated carbocycles. The SMILES string of the molecule is CN1CCN(c2nc(-c3cccc(O)c3)nc(N3Cc4ccccc4C[C@@H]3CO)n2)CC1. The number of hydrogen-bond acceptors (Lipinski definition) is 8. The lowest BCUT2D eigenvalue weighted by molar-refractivity contribution is 0.252. The Balaban J connectivity index is 1.57. The average molecular weight is 433 g/mol. The summed E-state index contributed by atoms with van der Waals surface area (Å²) in [5.74, 6) is 1.89. The third-order valence-electron chi connectivity index (χ3n) is 6.33. The molecular formula is C24H28N6O2. The minimum absolute atomic E-state index is 0.0192. The van der Waals surface area contributed by atoms with Crippen LogP contribution in [0.3, 0.4) is 0 Å². The monoisotopic (exact) mass is 432 g/mol. The van der Waals surface area contributed by atoms with E-state index in [1.165, 1.54) is 11.1 Å². The molecule has 2 aliphatic rings. The highest BCUT2D eigenvalue weighted by atomic mass is 16.3. The van der Waals surface area contributed by atoms with Gasteiger partial charge >= 0.3 is 0 Å². The van der Waals surface area contributed by atoms with Gasteiger partial charge in [0, 0.05) is 38.3 Å². The highest BCUT2D eigenvalue weighted by Crippen LogP contribution is 2.30. The molecule has 0 amide bonds. The van der Waals surface area contributed by atoms with E-state index in [2.05, 4.69) is 33.9 Å². The Morgan fingerprint density at radius 3 is 2.41 bits per heavy atom. The highest BCUT2D eigenvalue weighted by Gasteiger charge is 2.29. The summed E-state index contributed by atoms with van der Waals surface area (Å²) in [5, 5.41) is 20.2. The molecule has 1 saturated heterocycles. The number of rotatable bonds is 4. The first-order chi connectivity index (χ1) is 15.6. The number of aliphatic hydroxyl groups is 1. The summed E-state index contributed by atoms with van der Waals surface area (Å²) < 4.78 is 0. The van der Waals surface area contributed by atoms with Crippen molar-refractivity contribution in [1.82, 2.24) is 19.9 Å². The summed E-state index contributed by atoms with van der Waals surface area (Å²) in [6, 6.07) is 15.2. The van der Waals surface area contributed by atoms with E-state index in [0.29, 0.717) is 24.3 Å². The number of likely N-dealkylation sites (N-methyl/N-ethyl adjacent to an activating group) is 1. The van der Waals surface area contributed by atoms with Crippen molar-refractivity contribution < 1.29 is 10.2 Å². The van der Waals surface area contributed by atoms with E-state index in [4.69, 9.17) is 15.0 Å². The third kappa shape index (κ3) is 4.11. The fraction of sp³-hybridized carbons (Fsp3) is 0.375. The van der Waals surface area contributed by atoms with Crippen molar-refractivity contribution in [3.8, 4) is 17.1 Å². The zero-order chi connectivity index (χ0) is 22.1. The van der Waals surface area contributed by atoms with Gasteiger partial charge in [0.05, 0.1) is 12.6 Å². The van der Waals surface area contributed by atoms with Crippen molar-refractivity contribution in [1.29, 1.82) is 0 Å². The second-order valence-electron chi connectivity index (χ2n) is 8.54. The topological polar surface area (TPSA) is 88.9 Å². The molecule has 0 radical (unpaired) electrons. The molecule has 0 bridgehead atoms. The summed E-state index contributed by atoms with van der Waals surface area (Å²) in [6.07, 6.45) is 0.740. The van der Waals surface area contributed by atoms with Crippen LogP contribution >= 0.6 is 0 Å². The number of benzene rings is 2. The Morgan fingerprint density at radius 1 is 0.906 bits per heavy atom. The fourth-order valence-corrected chi connectivity index (χ4v) is 4.39. The van der Waals surface area contributed by atoms with Crippen LogP contribution in [0.2, 0.25) is 0 Å². The molecule has 32 heavy (non-hydrogen) atoms. The number of nitrogens with zero attached hydrogens (tertiary/aromatic N) is 6. The van der Waals surface area contributed by atoms with Crippen LogP contribution in [0.25, 0.3) is 11.4 Å². The predicted molar refractivity (Wildman–Crippen MR) is 124 cm³/mol. The van der Waals surface area contributed by atoms with Gasteiger partial charge in [-0.25, -0.2) is 0 Å². The lowest BCUT2D eigenvalue weighted by Gasteiger charge is -2.37. The van der Waals surface area contributed by atoms with Crippen LogP contribution in [0, 0.1) is 0 Å². The molecule has 166 valence electrons. The van der Waals surface area contributed by atoms with E-state index < -0.39 is 0 Å². The van der Waals surface area contributed by atoms with E-state index in [1.807, 2.05) is 18.2 Å². The van der Waals surface area contributed by atoms with Crippen molar-refractivity contribution in [2.45, 2.75) is 19.0 Å². The number of aromatic hydroxyl groups is 1. The molecule has 3 heterocycles. The molecule has 5 rings (SSSR count). The molecule has 8 heteroatoms. The number of piperazine rings is 1. The summed E-state index contributed by atoms with van der Waals surface area (Å²) in [4.78, 5) is 21.0. The van der Waals surface area contributed by atoms with E-state index in [1.54, 1.807) is 18.2 Å². The molecule has 0 aliphatic carbocycles. The van der Waals surface area contributed by atoms with Crippen LogP contribution in [0.1, 0.15) is 11.1 Å². The number of fused-ring (bicyclic) bond motifs is 1.